The Morgan fingerprint density at radius 3 is 2.88 bits per heavy atom. The molecule has 1 aromatic carbocycles. The Hall–Kier alpha value is -3.30. The number of morpholine rings is 1. The number of hydrogen-bond acceptors (Lipinski definition) is 7. The minimum absolute atomic E-state index is 0.0978. The number of aromatic nitrogens is 4. The molecule has 0 bridgehead atoms. The van der Waals surface area contributed by atoms with Gasteiger partial charge in [-0.3, -0.25) is 14.9 Å². The zero-order valence-electron chi connectivity index (χ0n) is 18.2. The van der Waals surface area contributed by atoms with E-state index in [9.17, 15) is 4.79 Å². The predicted octanol–water partition coefficient (Wildman–Crippen LogP) is 4.30. The van der Waals surface area contributed by atoms with E-state index in [-0.39, 0.29) is 12.0 Å². The van der Waals surface area contributed by atoms with Crippen LogP contribution in [0.25, 0.3) is 10.9 Å². The summed E-state index contributed by atoms with van der Waals surface area (Å²) >= 11 is 1.56. The number of carbonyl (C=O) groups excluding carboxylic acids is 1. The second-order valence-electron chi connectivity index (χ2n) is 8.07. The second kappa shape index (κ2) is 8.33. The molecule has 32 heavy (non-hydrogen) atoms. The molecule has 1 aliphatic rings. The number of pyridine rings is 1. The maximum Gasteiger partial charge on any atom is 0.275 e. The number of hydrogen-bond donors (Lipinski definition) is 2. The Labute approximate surface area is 189 Å². The number of anilines is 2. The van der Waals surface area contributed by atoms with Crippen molar-refractivity contribution in [1.82, 2.24) is 25.1 Å². The third kappa shape index (κ3) is 4.09. The average molecular weight is 449 g/mol. The molecule has 0 unspecified atom stereocenters. The van der Waals surface area contributed by atoms with Crippen molar-refractivity contribution in [3.05, 3.63) is 64.1 Å². The Morgan fingerprint density at radius 2 is 2.06 bits per heavy atom. The number of carbonyl (C=O) groups is 1. The molecule has 0 saturated carbocycles. The SMILES string of the molecule is Cc1ccc2[nH]nc(C(=O)N3CCO[C@@H](c4cc(Nc5nc(C)cs5)cc(C)n4)C3)c2c1. The molecule has 0 aliphatic carbocycles. The first kappa shape index (κ1) is 20.6. The maximum atomic E-state index is 13.3. The molecule has 1 aliphatic heterocycles. The number of rotatable bonds is 4. The second-order valence-corrected chi connectivity index (χ2v) is 8.93. The van der Waals surface area contributed by atoms with Gasteiger partial charge in [0, 0.05) is 28.7 Å². The molecule has 0 spiro atoms. The van der Waals surface area contributed by atoms with Crippen LogP contribution in [0.5, 0.6) is 0 Å². The summed E-state index contributed by atoms with van der Waals surface area (Å²) in [6.07, 6.45) is -0.307. The minimum Gasteiger partial charge on any atom is -0.368 e. The molecule has 2 N–H and O–H groups in total. The number of aromatic amines is 1. The van der Waals surface area contributed by atoms with Gasteiger partial charge in [0.2, 0.25) is 0 Å². The Balaban J connectivity index is 1.37. The van der Waals surface area contributed by atoms with Crippen molar-refractivity contribution in [2.75, 3.05) is 25.0 Å². The number of H-pyrrole nitrogens is 1. The van der Waals surface area contributed by atoms with Crippen molar-refractivity contribution in [2.24, 2.45) is 0 Å². The van der Waals surface area contributed by atoms with Crippen LogP contribution in [-0.2, 0) is 4.74 Å². The van der Waals surface area contributed by atoms with Crippen molar-refractivity contribution in [3.63, 3.8) is 0 Å². The Kier molecular flexibility index (Phi) is 5.36. The van der Waals surface area contributed by atoms with Crippen LogP contribution >= 0.6 is 11.3 Å². The molecule has 1 amide bonds. The van der Waals surface area contributed by atoms with Crippen LogP contribution in [0.2, 0.25) is 0 Å². The number of ether oxygens (including phenoxy) is 1. The molecular weight excluding hydrogens is 424 g/mol. The van der Waals surface area contributed by atoms with Crippen LogP contribution in [0.3, 0.4) is 0 Å². The van der Waals surface area contributed by atoms with Crippen LogP contribution in [0, 0.1) is 20.8 Å². The van der Waals surface area contributed by atoms with Gasteiger partial charge in [0.05, 0.1) is 30.1 Å². The fraction of sp³-hybridized carbons (Fsp3) is 0.304. The zero-order valence-corrected chi connectivity index (χ0v) is 19.0. The first-order chi connectivity index (χ1) is 15.5. The molecule has 5 rings (SSSR count). The number of thiazole rings is 1. The molecule has 9 heteroatoms. The van der Waals surface area contributed by atoms with Gasteiger partial charge < -0.3 is 15.0 Å². The van der Waals surface area contributed by atoms with Crippen molar-refractivity contribution in [2.45, 2.75) is 26.9 Å². The minimum atomic E-state index is -0.307. The van der Waals surface area contributed by atoms with E-state index < -0.39 is 0 Å². The number of nitrogens with zero attached hydrogens (tertiary/aromatic N) is 4. The lowest BCUT2D eigenvalue weighted by molar-refractivity contribution is -0.0248. The van der Waals surface area contributed by atoms with Crippen LogP contribution in [0.15, 0.2) is 35.7 Å². The molecule has 1 atom stereocenters. The van der Waals surface area contributed by atoms with Gasteiger partial charge in [-0.1, -0.05) is 11.6 Å². The lowest BCUT2D eigenvalue weighted by Gasteiger charge is -2.32. The summed E-state index contributed by atoms with van der Waals surface area (Å²) in [5.74, 6) is -0.0978. The third-order valence-corrected chi connectivity index (χ3v) is 6.32. The predicted molar refractivity (Wildman–Crippen MR) is 125 cm³/mol. The monoisotopic (exact) mass is 448 g/mol. The van der Waals surface area contributed by atoms with Crippen LogP contribution in [-0.4, -0.2) is 50.7 Å². The van der Waals surface area contributed by atoms with Gasteiger partial charge in [-0.25, -0.2) is 4.98 Å². The topological polar surface area (TPSA) is 96.0 Å². The van der Waals surface area contributed by atoms with E-state index in [1.807, 2.05) is 56.5 Å². The maximum absolute atomic E-state index is 13.3. The van der Waals surface area contributed by atoms with Crippen LogP contribution < -0.4 is 5.32 Å². The van der Waals surface area contributed by atoms with Gasteiger partial charge in [0.25, 0.3) is 5.91 Å². The van der Waals surface area contributed by atoms with E-state index in [2.05, 4.69) is 25.5 Å². The van der Waals surface area contributed by atoms with E-state index in [1.165, 1.54) is 0 Å². The van der Waals surface area contributed by atoms with Gasteiger partial charge >= 0.3 is 0 Å². The van der Waals surface area contributed by atoms with Gasteiger partial charge in [-0.05, 0) is 45.0 Å². The van der Waals surface area contributed by atoms with Crippen LogP contribution in [0.1, 0.15) is 39.2 Å². The van der Waals surface area contributed by atoms with Crippen LogP contribution in [0.4, 0.5) is 10.8 Å². The molecule has 1 fully saturated rings. The van der Waals surface area contributed by atoms with Crippen molar-refractivity contribution in [3.8, 4) is 0 Å². The highest BCUT2D eigenvalue weighted by molar-refractivity contribution is 7.13. The number of aryl methyl sites for hydroxylation is 3. The van der Waals surface area contributed by atoms with E-state index in [1.54, 1.807) is 16.2 Å². The van der Waals surface area contributed by atoms with Gasteiger partial charge in [0.1, 0.15) is 6.10 Å². The molecule has 3 aromatic heterocycles. The normalized spacial score (nSPS) is 16.5. The highest BCUT2D eigenvalue weighted by Gasteiger charge is 2.29. The summed E-state index contributed by atoms with van der Waals surface area (Å²) in [6, 6.07) is 9.89. The molecule has 4 aromatic rings. The lowest BCUT2D eigenvalue weighted by Crippen LogP contribution is -2.42. The fourth-order valence-electron chi connectivity index (χ4n) is 3.92. The largest absolute Gasteiger partial charge is 0.368 e. The highest BCUT2D eigenvalue weighted by atomic mass is 32.1. The van der Waals surface area contributed by atoms with Crippen molar-refractivity contribution >= 4 is 39.0 Å². The molecule has 8 nitrogen and oxygen atoms in total. The fourth-order valence-corrected chi connectivity index (χ4v) is 4.63. The Morgan fingerprint density at radius 1 is 1.19 bits per heavy atom. The van der Waals surface area contributed by atoms with Crippen molar-refractivity contribution < 1.29 is 9.53 Å². The number of fused-ring (bicyclic) bond motifs is 1. The van der Waals surface area contributed by atoms with E-state index in [0.29, 0.717) is 25.4 Å². The van der Waals surface area contributed by atoms with Gasteiger partial charge in [-0.15, -0.1) is 11.3 Å². The summed E-state index contributed by atoms with van der Waals surface area (Å²) in [5, 5.41) is 14.3. The number of nitrogens with one attached hydrogen (secondary N) is 2. The smallest absolute Gasteiger partial charge is 0.275 e. The summed E-state index contributed by atoms with van der Waals surface area (Å²) < 4.78 is 6.01. The summed E-state index contributed by atoms with van der Waals surface area (Å²) in [7, 11) is 0. The van der Waals surface area contributed by atoms with Crippen molar-refractivity contribution in [1.29, 1.82) is 0 Å². The quantitative estimate of drug-likeness (QED) is 0.483. The zero-order chi connectivity index (χ0) is 22.2. The first-order valence-corrected chi connectivity index (χ1v) is 11.4. The van der Waals surface area contributed by atoms with E-state index >= 15 is 0 Å². The first-order valence-electron chi connectivity index (χ1n) is 10.5. The van der Waals surface area contributed by atoms with Gasteiger partial charge in [0.15, 0.2) is 10.8 Å². The Bertz CT molecular complexity index is 1300. The van der Waals surface area contributed by atoms with E-state index in [4.69, 9.17) is 4.74 Å². The summed E-state index contributed by atoms with van der Waals surface area (Å²) in [5.41, 5.74) is 5.95. The number of benzene rings is 1. The molecule has 1 saturated heterocycles. The highest BCUT2D eigenvalue weighted by Crippen LogP contribution is 2.28. The lowest BCUT2D eigenvalue weighted by atomic mass is 10.1. The average Bonchev–Trinajstić information content (AvgIpc) is 3.38. The van der Waals surface area contributed by atoms with E-state index in [0.717, 1.165) is 44.4 Å². The van der Waals surface area contributed by atoms with Gasteiger partial charge in [-0.2, -0.15) is 5.10 Å². The summed E-state index contributed by atoms with van der Waals surface area (Å²) in [4.78, 5) is 24.2. The number of amides is 1. The molecular formula is C23H24N6O2S. The molecule has 4 heterocycles. The third-order valence-electron chi connectivity index (χ3n) is 5.45. The standard InChI is InChI=1S/C23H24N6O2S/c1-13-4-5-18-17(8-13)21(28-27-18)22(30)29-6-7-31-20(11-29)19-10-16(9-14(2)24-19)26-23-25-15(3)12-32-23/h4-5,8-10,12,20H,6-7,11H2,1-3H3,(H,27,28)(H,24,25,26)/t20-/m1/s1. The molecule has 0 radical (unpaired) electrons. The molecule has 164 valence electrons. The summed E-state index contributed by atoms with van der Waals surface area (Å²) in [6.45, 7) is 7.31.